The van der Waals surface area contributed by atoms with Gasteiger partial charge in [0, 0.05) is 19.0 Å². The van der Waals surface area contributed by atoms with Gasteiger partial charge in [0.1, 0.15) is 11.5 Å². The van der Waals surface area contributed by atoms with E-state index in [1.165, 1.54) is 0 Å². The highest BCUT2D eigenvalue weighted by molar-refractivity contribution is 5.78. The second-order valence-corrected chi connectivity index (χ2v) is 5.28. The van der Waals surface area contributed by atoms with Crippen molar-refractivity contribution >= 4 is 5.91 Å². The van der Waals surface area contributed by atoms with E-state index >= 15 is 0 Å². The average molecular weight is 250 g/mol. The van der Waals surface area contributed by atoms with Gasteiger partial charge in [0.15, 0.2) is 0 Å². The standard InChI is InChI=1S/C14H22N2O2/c1-10-8-12(6-7-15-10)14(17)16(3)9-13-5-4-11(2)18-13/h4-5,10,12,15H,6-9H2,1-3H3/t10-,12-/m0/s1. The SMILES string of the molecule is Cc1ccc(CN(C)C(=O)[C@H]2CCN[C@@H](C)C2)o1. The molecule has 1 aliphatic rings. The predicted molar refractivity (Wildman–Crippen MR) is 70.1 cm³/mol. The van der Waals surface area contributed by atoms with Crippen LogP contribution in [0.1, 0.15) is 31.3 Å². The summed E-state index contributed by atoms with van der Waals surface area (Å²) in [6.07, 6.45) is 1.87. The van der Waals surface area contributed by atoms with Gasteiger partial charge in [-0.1, -0.05) is 0 Å². The van der Waals surface area contributed by atoms with Gasteiger partial charge in [-0.25, -0.2) is 0 Å². The molecular formula is C14H22N2O2. The second kappa shape index (κ2) is 5.57. The molecule has 0 bridgehead atoms. The molecule has 1 aromatic rings. The van der Waals surface area contributed by atoms with Crippen molar-refractivity contribution in [1.82, 2.24) is 10.2 Å². The van der Waals surface area contributed by atoms with Gasteiger partial charge < -0.3 is 14.6 Å². The Morgan fingerprint density at radius 2 is 2.33 bits per heavy atom. The van der Waals surface area contributed by atoms with Gasteiger partial charge in [-0.15, -0.1) is 0 Å². The fourth-order valence-corrected chi connectivity index (χ4v) is 2.55. The average Bonchev–Trinajstić information content (AvgIpc) is 2.73. The van der Waals surface area contributed by atoms with E-state index in [0.717, 1.165) is 30.9 Å². The molecule has 1 aromatic heterocycles. The van der Waals surface area contributed by atoms with Crippen molar-refractivity contribution in [2.24, 2.45) is 5.92 Å². The number of carbonyl (C=O) groups is 1. The molecular weight excluding hydrogens is 228 g/mol. The molecule has 4 heteroatoms. The van der Waals surface area contributed by atoms with Crippen LogP contribution in [0.3, 0.4) is 0 Å². The van der Waals surface area contributed by atoms with Crippen molar-refractivity contribution in [1.29, 1.82) is 0 Å². The summed E-state index contributed by atoms with van der Waals surface area (Å²) < 4.78 is 5.51. The Morgan fingerprint density at radius 1 is 1.56 bits per heavy atom. The summed E-state index contributed by atoms with van der Waals surface area (Å²) in [4.78, 5) is 14.1. The summed E-state index contributed by atoms with van der Waals surface area (Å²) in [7, 11) is 1.85. The molecule has 2 atom stereocenters. The number of hydrogen-bond donors (Lipinski definition) is 1. The van der Waals surface area contributed by atoms with Crippen molar-refractivity contribution in [2.75, 3.05) is 13.6 Å². The van der Waals surface area contributed by atoms with Gasteiger partial charge in [-0.05, 0) is 45.4 Å². The van der Waals surface area contributed by atoms with Crippen molar-refractivity contribution < 1.29 is 9.21 Å². The second-order valence-electron chi connectivity index (χ2n) is 5.28. The van der Waals surface area contributed by atoms with Crippen LogP contribution in [0.5, 0.6) is 0 Å². The number of rotatable bonds is 3. The van der Waals surface area contributed by atoms with E-state index in [9.17, 15) is 4.79 Å². The number of nitrogens with zero attached hydrogens (tertiary/aromatic N) is 1. The maximum Gasteiger partial charge on any atom is 0.225 e. The zero-order chi connectivity index (χ0) is 13.1. The number of hydrogen-bond acceptors (Lipinski definition) is 3. The van der Waals surface area contributed by atoms with E-state index in [0.29, 0.717) is 12.6 Å². The Morgan fingerprint density at radius 3 is 2.94 bits per heavy atom. The van der Waals surface area contributed by atoms with E-state index in [1.54, 1.807) is 4.90 Å². The van der Waals surface area contributed by atoms with Gasteiger partial charge in [-0.3, -0.25) is 4.79 Å². The predicted octanol–water partition coefficient (Wildman–Crippen LogP) is 1.93. The Kier molecular flexibility index (Phi) is 4.07. The first-order valence-corrected chi connectivity index (χ1v) is 6.60. The van der Waals surface area contributed by atoms with Crippen molar-refractivity contribution in [3.05, 3.63) is 23.7 Å². The van der Waals surface area contributed by atoms with Crippen molar-refractivity contribution in [2.45, 2.75) is 39.3 Å². The molecule has 2 heterocycles. The maximum atomic E-state index is 12.3. The molecule has 0 aliphatic carbocycles. The summed E-state index contributed by atoms with van der Waals surface area (Å²) in [5.41, 5.74) is 0. The fraction of sp³-hybridized carbons (Fsp3) is 0.643. The van der Waals surface area contributed by atoms with Crippen LogP contribution in [0, 0.1) is 12.8 Å². The van der Waals surface area contributed by atoms with E-state index in [4.69, 9.17) is 4.42 Å². The minimum Gasteiger partial charge on any atom is -0.464 e. The van der Waals surface area contributed by atoms with Crippen LogP contribution in [0.25, 0.3) is 0 Å². The van der Waals surface area contributed by atoms with E-state index < -0.39 is 0 Å². The highest BCUT2D eigenvalue weighted by atomic mass is 16.3. The van der Waals surface area contributed by atoms with E-state index in [1.807, 2.05) is 26.1 Å². The molecule has 0 spiro atoms. The molecule has 0 radical (unpaired) electrons. The summed E-state index contributed by atoms with van der Waals surface area (Å²) in [6, 6.07) is 4.30. The Hall–Kier alpha value is -1.29. The van der Waals surface area contributed by atoms with Gasteiger partial charge in [-0.2, -0.15) is 0 Å². The van der Waals surface area contributed by atoms with Crippen LogP contribution in [-0.4, -0.2) is 30.4 Å². The smallest absolute Gasteiger partial charge is 0.225 e. The molecule has 1 saturated heterocycles. The number of aryl methyl sites for hydroxylation is 1. The van der Waals surface area contributed by atoms with Crippen LogP contribution in [0.2, 0.25) is 0 Å². The number of piperidine rings is 1. The fourth-order valence-electron chi connectivity index (χ4n) is 2.55. The number of furan rings is 1. The zero-order valence-electron chi connectivity index (χ0n) is 11.4. The van der Waals surface area contributed by atoms with Gasteiger partial charge in [0.05, 0.1) is 6.54 Å². The molecule has 0 unspecified atom stereocenters. The summed E-state index contributed by atoms with van der Waals surface area (Å²) in [5.74, 6) is 2.13. The van der Waals surface area contributed by atoms with Gasteiger partial charge >= 0.3 is 0 Å². The minimum atomic E-state index is 0.155. The van der Waals surface area contributed by atoms with Gasteiger partial charge in [0.25, 0.3) is 0 Å². The Bertz CT molecular complexity index is 414. The molecule has 0 aromatic carbocycles. The molecule has 1 N–H and O–H groups in total. The van der Waals surface area contributed by atoms with Crippen LogP contribution >= 0.6 is 0 Å². The Labute approximate surface area is 108 Å². The lowest BCUT2D eigenvalue weighted by Crippen LogP contribution is -2.42. The van der Waals surface area contributed by atoms with Crippen LogP contribution < -0.4 is 5.32 Å². The lowest BCUT2D eigenvalue weighted by Gasteiger charge is -2.30. The summed E-state index contributed by atoms with van der Waals surface area (Å²) in [5, 5.41) is 3.37. The quantitative estimate of drug-likeness (QED) is 0.891. The van der Waals surface area contributed by atoms with Crippen LogP contribution in [-0.2, 0) is 11.3 Å². The minimum absolute atomic E-state index is 0.155. The molecule has 4 nitrogen and oxygen atoms in total. The normalized spacial score (nSPS) is 23.9. The molecule has 0 saturated carbocycles. The first-order valence-electron chi connectivity index (χ1n) is 6.60. The highest BCUT2D eigenvalue weighted by Crippen LogP contribution is 2.19. The first-order chi connectivity index (χ1) is 8.56. The maximum absolute atomic E-state index is 12.3. The third kappa shape index (κ3) is 3.13. The number of carbonyl (C=O) groups excluding carboxylic acids is 1. The topological polar surface area (TPSA) is 45.5 Å². The van der Waals surface area contributed by atoms with E-state index in [2.05, 4.69) is 12.2 Å². The highest BCUT2D eigenvalue weighted by Gasteiger charge is 2.27. The Balaban J connectivity index is 1.91. The van der Waals surface area contributed by atoms with E-state index in [-0.39, 0.29) is 11.8 Å². The molecule has 100 valence electrons. The third-order valence-corrected chi connectivity index (χ3v) is 3.54. The molecule has 1 aliphatic heterocycles. The van der Waals surface area contributed by atoms with Crippen LogP contribution in [0.4, 0.5) is 0 Å². The van der Waals surface area contributed by atoms with Crippen LogP contribution in [0.15, 0.2) is 16.5 Å². The van der Waals surface area contributed by atoms with Gasteiger partial charge in [0.2, 0.25) is 5.91 Å². The monoisotopic (exact) mass is 250 g/mol. The molecule has 1 amide bonds. The molecule has 2 rings (SSSR count). The summed E-state index contributed by atoms with van der Waals surface area (Å²) in [6.45, 7) is 5.55. The number of amides is 1. The third-order valence-electron chi connectivity index (χ3n) is 3.54. The zero-order valence-corrected chi connectivity index (χ0v) is 11.4. The number of nitrogens with one attached hydrogen (secondary N) is 1. The largest absolute Gasteiger partial charge is 0.464 e. The summed E-state index contributed by atoms with van der Waals surface area (Å²) >= 11 is 0. The van der Waals surface area contributed by atoms with Crippen molar-refractivity contribution in [3.63, 3.8) is 0 Å². The first kappa shape index (κ1) is 13.1. The lowest BCUT2D eigenvalue weighted by molar-refractivity contribution is -0.136. The molecule has 1 fully saturated rings. The van der Waals surface area contributed by atoms with Crippen molar-refractivity contribution in [3.8, 4) is 0 Å². The molecule has 18 heavy (non-hydrogen) atoms. The lowest BCUT2D eigenvalue weighted by atomic mass is 9.92.